The van der Waals surface area contributed by atoms with Gasteiger partial charge in [0.1, 0.15) is 13.2 Å². The number of carbonyl (C=O) groups is 3. The highest BCUT2D eigenvalue weighted by Crippen LogP contribution is 2.18. The maximum atomic E-state index is 12.9. The van der Waals surface area contributed by atoms with Crippen molar-refractivity contribution < 1.29 is 42.9 Å². The van der Waals surface area contributed by atoms with Crippen molar-refractivity contribution in [1.29, 1.82) is 0 Å². The fourth-order valence-corrected chi connectivity index (χ4v) is 9.84. The summed E-state index contributed by atoms with van der Waals surface area (Å²) in [5, 5.41) is 9.71. The molecular weight excluding hydrogens is 983 g/mol. The average Bonchev–Trinajstić information content (AvgIpc) is 3.42. The van der Waals surface area contributed by atoms with Gasteiger partial charge in [-0.3, -0.25) is 9.59 Å². The summed E-state index contributed by atoms with van der Waals surface area (Å²) in [6, 6.07) is 0. The molecule has 0 saturated heterocycles. The van der Waals surface area contributed by atoms with Crippen LogP contribution in [0.5, 0.6) is 0 Å². The molecule has 2 unspecified atom stereocenters. The van der Waals surface area contributed by atoms with Gasteiger partial charge >= 0.3 is 17.9 Å². The van der Waals surface area contributed by atoms with Gasteiger partial charge in [-0.15, -0.1) is 0 Å². The van der Waals surface area contributed by atoms with E-state index in [0.717, 1.165) is 70.6 Å². The van der Waals surface area contributed by atoms with Crippen LogP contribution >= 0.6 is 0 Å². The van der Waals surface area contributed by atoms with E-state index in [2.05, 4.69) is 62.5 Å². The van der Waals surface area contributed by atoms with Gasteiger partial charge in [0.05, 0.1) is 34.4 Å². The first-order chi connectivity index (χ1) is 38.6. The lowest BCUT2D eigenvalue weighted by atomic mass is 10.0. The lowest BCUT2D eigenvalue weighted by Crippen LogP contribution is -2.40. The number of carboxylic acids is 1. The highest BCUT2D eigenvalue weighted by atomic mass is 16.7. The molecule has 0 aromatic heterocycles. The summed E-state index contributed by atoms with van der Waals surface area (Å²) in [5.41, 5.74) is 0. The molecule has 2 atom stereocenters. The van der Waals surface area contributed by atoms with Crippen LogP contribution in [0.1, 0.15) is 322 Å². The van der Waals surface area contributed by atoms with Gasteiger partial charge < -0.3 is 28.5 Å². The lowest BCUT2D eigenvalue weighted by Gasteiger charge is -2.25. The van der Waals surface area contributed by atoms with Gasteiger partial charge in [0.15, 0.2) is 6.10 Å². The Bertz CT molecular complexity index is 1430. The molecule has 0 spiro atoms. The molecule has 0 rings (SSSR count). The number of nitrogens with zero attached hydrogens (tertiary/aromatic N) is 1. The number of quaternary nitrogens is 1. The van der Waals surface area contributed by atoms with E-state index in [1.54, 1.807) is 0 Å². The second kappa shape index (κ2) is 61.3. The van der Waals surface area contributed by atoms with E-state index in [1.807, 2.05) is 21.1 Å². The van der Waals surface area contributed by atoms with Crippen molar-refractivity contribution in [2.75, 3.05) is 47.5 Å². The monoisotopic (exact) mass is 1110 g/mol. The van der Waals surface area contributed by atoms with Crippen molar-refractivity contribution in [3.8, 4) is 0 Å². The van der Waals surface area contributed by atoms with Crippen molar-refractivity contribution in [1.82, 2.24) is 0 Å². The molecule has 0 saturated carbocycles. The van der Waals surface area contributed by atoms with Crippen LogP contribution in [0.3, 0.4) is 0 Å². The summed E-state index contributed by atoms with van der Waals surface area (Å²) in [6.07, 6.45) is 75.3. The van der Waals surface area contributed by atoms with Gasteiger partial charge in [0.2, 0.25) is 0 Å². The minimum atomic E-state index is -1.51. The van der Waals surface area contributed by atoms with Crippen LogP contribution in [0.15, 0.2) is 48.6 Å². The predicted molar refractivity (Wildman–Crippen MR) is 337 cm³/mol. The summed E-state index contributed by atoms with van der Waals surface area (Å²) >= 11 is 0. The Balaban J connectivity index is 3.94. The van der Waals surface area contributed by atoms with Gasteiger partial charge in [0.25, 0.3) is 6.29 Å². The zero-order valence-electron chi connectivity index (χ0n) is 52.8. The smallest absolute Gasteiger partial charge is 0.361 e. The number of hydrogen-bond acceptors (Lipinski definition) is 7. The van der Waals surface area contributed by atoms with E-state index in [1.165, 1.54) is 225 Å². The summed E-state index contributed by atoms with van der Waals surface area (Å²) in [5.74, 6) is -2.01. The molecule has 462 valence electrons. The summed E-state index contributed by atoms with van der Waals surface area (Å²) < 4.78 is 22.9. The van der Waals surface area contributed by atoms with Crippen LogP contribution in [-0.2, 0) is 33.3 Å². The predicted octanol–water partition coefficient (Wildman–Crippen LogP) is 20.6. The molecule has 0 aromatic rings. The Morgan fingerprint density at radius 3 is 1.03 bits per heavy atom. The van der Waals surface area contributed by atoms with Crippen LogP contribution in [-0.4, -0.2) is 87.4 Å². The molecular formula is C70H130NO8+. The van der Waals surface area contributed by atoms with Crippen LogP contribution < -0.4 is 0 Å². The van der Waals surface area contributed by atoms with E-state index < -0.39 is 24.3 Å². The number of carbonyl (C=O) groups excluding carboxylic acids is 2. The fraction of sp³-hybridized carbons (Fsp3) is 0.843. The van der Waals surface area contributed by atoms with Crippen molar-refractivity contribution >= 4 is 17.9 Å². The number of esters is 2. The summed E-state index contributed by atoms with van der Waals surface area (Å²) in [6.45, 7) is 4.86. The van der Waals surface area contributed by atoms with Crippen molar-refractivity contribution in [3.05, 3.63) is 48.6 Å². The molecule has 0 bridgehead atoms. The molecule has 0 heterocycles. The number of aliphatic carboxylic acids is 1. The van der Waals surface area contributed by atoms with Gasteiger partial charge in [-0.1, -0.05) is 281 Å². The molecule has 0 aliphatic heterocycles. The standard InChI is InChI=1S/C70H129NO8/c1-6-8-10-12-14-16-18-20-22-23-24-25-26-27-28-29-30-31-32-33-34-35-36-37-38-39-40-41-42-43-44-45-47-49-51-53-55-57-59-61-68(73)79-66(65-78-70(69(74)75)76-63-62-71(3,4)5)64-77-67(72)60-58-56-54-52-50-48-46-21-19-17-15-13-11-9-7-2/h15,17-18,20-21,23-24,46,66,70H,6-14,16,19,22,25-45,47-65H2,1-5H3/p+1/b17-15-,20-18-,24-23-,46-21-. The van der Waals surface area contributed by atoms with Crippen LogP contribution in [0.4, 0.5) is 0 Å². The lowest BCUT2D eigenvalue weighted by molar-refractivity contribution is -0.870. The molecule has 9 nitrogen and oxygen atoms in total. The van der Waals surface area contributed by atoms with Gasteiger partial charge in [0, 0.05) is 12.8 Å². The van der Waals surface area contributed by atoms with E-state index in [0.29, 0.717) is 11.0 Å². The maximum absolute atomic E-state index is 12.9. The van der Waals surface area contributed by atoms with E-state index >= 15 is 0 Å². The zero-order valence-corrected chi connectivity index (χ0v) is 52.8. The molecule has 0 fully saturated rings. The molecule has 0 radical (unpaired) electrons. The minimum absolute atomic E-state index is 0.186. The van der Waals surface area contributed by atoms with E-state index in [4.69, 9.17) is 18.9 Å². The molecule has 0 aromatic carbocycles. The molecule has 0 amide bonds. The van der Waals surface area contributed by atoms with Crippen molar-refractivity contribution in [2.24, 2.45) is 0 Å². The average molecular weight is 1110 g/mol. The first-order valence-electron chi connectivity index (χ1n) is 33.8. The highest BCUT2D eigenvalue weighted by Gasteiger charge is 2.25. The van der Waals surface area contributed by atoms with Gasteiger partial charge in [-0.25, -0.2) is 4.79 Å². The molecule has 1 N–H and O–H groups in total. The number of unbranched alkanes of at least 4 members (excludes halogenated alkanes) is 40. The number of likely N-dealkylation sites (N-methyl/N-ethyl adjacent to an activating group) is 1. The van der Waals surface area contributed by atoms with Crippen molar-refractivity contribution in [2.45, 2.75) is 334 Å². The Morgan fingerprint density at radius 1 is 0.380 bits per heavy atom. The third-order valence-corrected chi connectivity index (χ3v) is 15.1. The Labute approximate surface area is 489 Å². The largest absolute Gasteiger partial charge is 0.477 e. The molecule has 79 heavy (non-hydrogen) atoms. The first kappa shape index (κ1) is 76.2. The molecule has 9 heteroatoms. The van der Waals surface area contributed by atoms with Gasteiger partial charge in [-0.2, -0.15) is 0 Å². The normalized spacial score (nSPS) is 13.0. The number of carboxylic acid groups (broad SMARTS) is 1. The summed E-state index contributed by atoms with van der Waals surface area (Å²) in [4.78, 5) is 37.4. The second-order valence-electron chi connectivity index (χ2n) is 24.1. The number of hydrogen-bond donors (Lipinski definition) is 1. The Hall–Kier alpha value is -2.75. The van der Waals surface area contributed by atoms with Crippen LogP contribution in [0.25, 0.3) is 0 Å². The van der Waals surface area contributed by atoms with Crippen molar-refractivity contribution in [3.63, 3.8) is 0 Å². The third-order valence-electron chi connectivity index (χ3n) is 15.1. The minimum Gasteiger partial charge on any atom is -0.477 e. The maximum Gasteiger partial charge on any atom is 0.361 e. The third kappa shape index (κ3) is 62.7. The highest BCUT2D eigenvalue weighted by molar-refractivity contribution is 5.71. The molecule has 0 aliphatic rings. The van der Waals surface area contributed by atoms with E-state index in [9.17, 15) is 19.5 Å². The second-order valence-corrected chi connectivity index (χ2v) is 24.1. The molecule has 0 aliphatic carbocycles. The Morgan fingerprint density at radius 2 is 0.684 bits per heavy atom. The quantitative estimate of drug-likeness (QED) is 0.0211. The number of ether oxygens (including phenoxy) is 4. The fourth-order valence-electron chi connectivity index (χ4n) is 9.84. The Kier molecular flexibility index (Phi) is 59.2. The van der Waals surface area contributed by atoms with Crippen LogP contribution in [0, 0.1) is 0 Å². The van der Waals surface area contributed by atoms with Crippen LogP contribution in [0.2, 0.25) is 0 Å². The SMILES string of the molecule is CCCCC/C=C\C/C=C\CCCCCCCC(=O)OCC(COC(OCC[N+](C)(C)C)C(=O)O)OC(=O)CCCCCCCCCCCCCCCCCCCCCCCCCCCCC/C=C\C/C=C\CCCCCCC. The van der Waals surface area contributed by atoms with E-state index in [-0.39, 0.29) is 38.6 Å². The zero-order chi connectivity index (χ0) is 57.6. The van der Waals surface area contributed by atoms with Gasteiger partial charge in [-0.05, 0) is 77.0 Å². The topological polar surface area (TPSA) is 108 Å². The number of allylic oxidation sites excluding steroid dienone is 8. The first-order valence-corrected chi connectivity index (χ1v) is 33.8. The summed E-state index contributed by atoms with van der Waals surface area (Å²) in [7, 11) is 5.97. The number of rotatable bonds is 63.